The molecule has 1 N–H and O–H groups in total. The predicted molar refractivity (Wildman–Crippen MR) is 168 cm³/mol. The number of carbonyl (C=O) groups excluding carboxylic acids is 1. The monoisotopic (exact) mass is 558 g/mol. The Labute approximate surface area is 246 Å². The van der Waals surface area contributed by atoms with Gasteiger partial charge in [-0.15, -0.1) is 0 Å². The minimum Gasteiger partial charge on any atom is -0.349 e. The summed E-state index contributed by atoms with van der Waals surface area (Å²) in [5.74, 6) is 0.231. The Morgan fingerprint density at radius 3 is 2.61 bits per heavy atom. The second-order valence-corrected chi connectivity index (χ2v) is 11.5. The number of aliphatic imine (C=N–C) groups is 1. The quantitative estimate of drug-likeness (QED) is 0.186. The van der Waals surface area contributed by atoms with E-state index in [2.05, 4.69) is 42.1 Å². The van der Waals surface area contributed by atoms with Gasteiger partial charge in [0, 0.05) is 31.2 Å². The van der Waals surface area contributed by atoms with Crippen LogP contribution in [-0.4, -0.2) is 42.2 Å². The smallest absolute Gasteiger partial charge is 0.223 e. The highest BCUT2D eigenvalue weighted by Crippen LogP contribution is 2.35. The van der Waals surface area contributed by atoms with Crippen molar-refractivity contribution >= 4 is 11.6 Å². The number of nitriles is 1. The van der Waals surface area contributed by atoms with E-state index in [0.717, 1.165) is 57.3 Å². The van der Waals surface area contributed by atoms with Crippen molar-refractivity contribution in [1.82, 2.24) is 10.2 Å². The van der Waals surface area contributed by atoms with Crippen LogP contribution in [0.2, 0.25) is 0 Å². The first kappa shape index (κ1) is 32.2. The summed E-state index contributed by atoms with van der Waals surface area (Å²) in [6, 6.07) is 2.48. The fourth-order valence-corrected chi connectivity index (χ4v) is 6.12. The van der Waals surface area contributed by atoms with Crippen molar-refractivity contribution in [2.24, 2.45) is 22.2 Å². The summed E-state index contributed by atoms with van der Waals surface area (Å²) < 4.78 is 13.3. The van der Waals surface area contributed by atoms with E-state index in [0.29, 0.717) is 37.1 Å². The lowest BCUT2D eigenvalue weighted by molar-refractivity contribution is -0.126. The van der Waals surface area contributed by atoms with Gasteiger partial charge < -0.3 is 10.2 Å². The first-order valence-electron chi connectivity index (χ1n) is 15.2. The molecule has 0 aromatic carbocycles. The minimum absolute atomic E-state index is 0.0703. The normalized spacial score (nSPS) is 23.0. The third-order valence-electron chi connectivity index (χ3n) is 8.71. The molecule has 220 valence electrons. The Balaban J connectivity index is 1.61. The Hall–Kier alpha value is -3.30. The molecular weight excluding hydrogens is 511 g/mol. The van der Waals surface area contributed by atoms with Crippen LogP contribution >= 0.6 is 0 Å². The van der Waals surface area contributed by atoms with Crippen LogP contribution in [-0.2, 0) is 4.79 Å². The van der Waals surface area contributed by atoms with Crippen LogP contribution in [0.5, 0.6) is 0 Å². The summed E-state index contributed by atoms with van der Waals surface area (Å²) in [6.07, 6.45) is 23.2. The van der Waals surface area contributed by atoms with Crippen LogP contribution in [0.25, 0.3) is 0 Å². The second-order valence-electron chi connectivity index (χ2n) is 11.5. The fraction of sp³-hybridized carbons (Fsp3) is 0.514. The molecule has 0 aromatic rings. The van der Waals surface area contributed by atoms with Crippen LogP contribution in [0.15, 0.2) is 90.4 Å². The maximum atomic E-state index is 13.3. The van der Waals surface area contributed by atoms with Crippen molar-refractivity contribution < 1.29 is 9.18 Å². The van der Waals surface area contributed by atoms with Crippen LogP contribution in [0, 0.1) is 28.6 Å². The average molecular weight is 559 g/mol. The van der Waals surface area contributed by atoms with Gasteiger partial charge in [-0.1, -0.05) is 69.4 Å². The highest BCUT2D eigenvalue weighted by molar-refractivity contribution is 6.02. The van der Waals surface area contributed by atoms with Gasteiger partial charge in [0.2, 0.25) is 5.91 Å². The van der Waals surface area contributed by atoms with Crippen LogP contribution in [0.3, 0.4) is 0 Å². The molecule has 1 saturated heterocycles. The summed E-state index contributed by atoms with van der Waals surface area (Å²) >= 11 is 0. The maximum absolute atomic E-state index is 13.3. The lowest BCUT2D eigenvalue weighted by Crippen LogP contribution is -2.46. The molecule has 1 amide bonds. The van der Waals surface area contributed by atoms with E-state index in [1.807, 2.05) is 25.2 Å². The lowest BCUT2D eigenvalue weighted by atomic mass is 9.75. The molecule has 0 spiro atoms. The zero-order valence-corrected chi connectivity index (χ0v) is 24.8. The zero-order chi connectivity index (χ0) is 29.7. The van der Waals surface area contributed by atoms with E-state index in [1.165, 1.54) is 12.5 Å². The molecule has 2 unspecified atom stereocenters. The lowest BCUT2D eigenvalue weighted by Gasteiger charge is -2.38. The largest absolute Gasteiger partial charge is 0.349 e. The zero-order valence-electron chi connectivity index (χ0n) is 24.8. The number of nitrogens with zero attached hydrogens (tertiary/aromatic N) is 3. The van der Waals surface area contributed by atoms with Gasteiger partial charge >= 0.3 is 0 Å². The Kier molecular flexibility index (Phi) is 12.7. The van der Waals surface area contributed by atoms with Crippen molar-refractivity contribution in [3.05, 3.63) is 85.4 Å². The van der Waals surface area contributed by atoms with Crippen LogP contribution in [0.1, 0.15) is 71.1 Å². The summed E-state index contributed by atoms with van der Waals surface area (Å²) in [6.45, 7) is 16.2. The molecule has 2 fully saturated rings. The Bertz CT molecular complexity index is 1140. The molecule has 3 rings (SSSR count). The van der Waals surface area contributed by atoms with Crippen molar-refractivity contribution in [2.75, 3.05) is 19.6 Å². The molecule has 5 nitrogen and oxygen atoms in total. The number of carbonyl (C=O) groups is 1. The number of piperidine rings is 1. The molecule has 0 bridgehead atoms. The highest BCUT2D eigenvalue weighted by atomic mass is 19.1. The van der Waals surface area contributed by atoms with E-state index in [4.69, 9.17) is 4.99 Å². The van der Waals surface area contributed by atoms with E-state index < -0.39 is 5.41 Å². The predicted octanol–water partition coefficient (Wildman–Crippen LogP) is 7.70. The Morgan fingerprint density at radius 2 is 2.02 bits per heavy atom. The number of hydrogen-bond acceptors (Lipinski definition) is 4. The van der Waals surface area contributed by atoms with E-state index in [9.17, 15) is 14.4 Å². The van der Waals surface area contributed by atoms with Gasteiger partial charge in [0.15, 0.2) is 0 Å². The van der Waals surface area contributed by atoms with Crippen molar-refractivity contribution in [1.29, 1.82) is 5.26 Å². The number of nitrogens with one attached hydrogen (secondary N) is 1. The van der Waals surface area contributed by atoms with Gasteiger partial charge in [-0.2, -0.15) is 5.26 Å². The molecule has 2 aliphatic carbocycles. The molecule has 2 atom stereocenters. The molecule has 0 aromatic heterocycles. The molecule has 1 heterocycles. The standard InChI is InChI=1S/C35H47FN4O/c1-5-8-12-29(6-2)32(39-34(41)30-13-10-9-11-14-30)19-22-40-23-20-35(26-37,21-24-40)33(7-3)38-27(4)25-28-15-17-31(36)18-16-28/h5-8,12,15,17-18,28,30,32H,1,3-4,9-11,13-14,16,19-25H2,2H3,(H,39,41)/b12-8-,29-6+,38-33?. The summed E-state index contributed by atoms with van der Waals surface area (Å²) in [5, 5.41) is 13.6. The maximum Gasteiger partial charge on any atom is 0.223 e. The van der Waals surface area contributed by atoms with Gasteiger partial charge in [-0.3, -0.25) is 9.79 Å². The van der Waals surface area contributed by atoms with Crippen molar-refractivity contribution in [3.63, 3.8) is 0 Å². The SMILES string of the molecule is C=C/C=C\C(=C/C)C(CCN1CCC(C#N)(C(C=C)=NC(=C)CC2C=CC(F)=CC2)CC1)NC(=O)C1CCCCC1. The third-order valence-corrected chi connectivity index (χ3v) is 8.71. The molecule has 6 heteroatoms. The molecule has 1 aliphatic heterocycles. The van der Waals surface area contributed by atoms with Crippen molar-refractivity contribution in [2.45, 2.75) is 77.2 Å². The molecule has 0 radical (unpaired) electrons. The Morgan fingerprint density at radius 1 is 1.29 bits per heavy atom. The van der Waals surface area contributed by atoms with E-state index >= 15 is 0 Å². The summed E-state index contributed by atoms with van der Waals surface area (Å²) in [7, 11) is 0. The second kappa shape index (κ2) is 16.2. The molecule has 1 saturated carbocycles. The number of halogens is 1. The number of rotatable bonds is 13. The van der Waals surface area contributed by atoms with Crippen molar-refractivity contribution in [3.8, 4) is 6.07 Å². The first-order valence-corrected chi connectivity index (χ1v) is 15.2. The number of amides is 1. The van der Waals surface area contributed by atoms with Crippen LogP contribution < -0.4 is 5.32 Å². The van der Waals surface area contributed by atoms with Crippen LogP contribution in [0.4, 0.5) is 4.39 Å². The van der Waals surface area contributed by atoms with Gasteiger partial charge in [-0.25, -0.2) is 4.39 Å². The van der Waals surface area contributed by atoms with Gasteiger partial charge in [0.1, 0.15) is 11.2 Å². The molecular formula is C35H47FN4O. The van der Waals surface area contributed by atoms with Gasteiger partial charge in [0.05, 0.1) is 17.8 Å². The fourth-order valence-electron chi connectivity index (χ4n) is 6.12. The number of allylic oxidation sites excluding steroid dienone is 9. The van der Waals surface area contributed by atoms with Gasteiger partial charge in [-0.05, 0) is 81.6 Å². The summed E-state index contributed by atoms with van der Waals surface area (Å²) in [4.78, 5) is 20.3. The third kappa shape index (κ3) is 9.36. The highest BCUT2D eigenvalue weighted by Gasteiger charge is 2.38. The minimum atomic E-state index is -0.703. The van der Waals surface area contributed by atoms with Gasteiger partial charge in [0.25, 0.3) is 0 Å². The molecule has 41 heavy (non-hydrogen) atoms. The number of likely N-dealkylation sites (tertiary alicyclic amines) is 1. The topological polar surface area (TPSA) is 68.5 Å². The first-order chi connectivity index (χ1) is 19.8. The average Bonchev–Trinajstić information content (AvgIpc) is 3.00. The van der Waals surface area contributed by atoms with E-state index in [-0.39, 0.29) is 29.6 Å². The molecule has 3 aliphatic rings. The summed E-state index contributed by atoms with van der Waals surface area (Å²) in [5.41, 5.74) is 1.74. The van der Waals surface area contributed by atoms with E-state index in [1.54, 1.807) is 18.2 Å². The number of hydrogen-bond donors (Lipinski definition) is 1.